The van der Waals surface area contributed by atoms with Crippen molar-refractivity contribution in [2.45, 2.75) is 51.9 Å². The molecule has 0 N–H and O–H groups in total. The van der Waals surface area contributed by atoms with Crippen molar-refractivity contribution in [3.63, 3.8) is 0 Å². The average Bonchev–Trinajstić information content (AvgIpc) is 2.56. The summed E-state index contributed by atoms with van der Waals surface area (Å²) >= 11 is 0. The number of aromatic nitrogens is 2. The summed E-state index contributed by atoms with van der Waals surface area (Å²) in [4.78, 5) is 12.8. The van der Waals surface area contributed by atoms with Gasteiger partial charge in [0.1, 0.15) is 4.90 Å². The van der Waals surface area contributed by atoms with Crippen LogP contribution in [-0.2, 0) is 37.0 Å². The number of benzene rings is 1. The molecule has 0 saturated heterocycles. The quantitative estimate of drug-likeness (QED) is 0.843. The molecule has 6 heteroatoms. The zero-order valence-electron chi connectivity index (χ0n) is 14.8. The van der Waals surface area contributed by atoms with Gasteiger partial charge < -0.3 is 0 Å². The summed E-state index contributed by atoms with van der Waals surface area (Å²) in [6.07, 6.45) is 2.36. The van der Waals surface area contributed by atoms with E-state index in [0.29, 0.717) is 5.69 Å². The van der Waals surface area contributed by atoms with E-state index >= 15 is 0 Å². The fourth-order valence-electron chi connectivity index (χ4n) is 3.13. The number of rotatable bonds is 5. The molecule has 24 heavy (non-hydrogen) atoms. The summed E-state index contributed by atoms with van der Waals surface area (Å²) in [6.45, 7) is 7.75. The third kappa shape index (κ3) is 3.15. The highest BCUT2D eigenvalue weighted by atomic mass is 32.2. The second-order valence-corrected chi connectivity index (χ2v) is 6.81. The fourth-order valence-corrected chi connectivity index (χ4v) is 3.83. The van der Waals surface area contributed by atoms with Crippen molar-refractivity contribution in [1.82, 2.24) is 9.78 Å². The van der Waals surface area contributed by atoms with Crippen LogP contribution in [0.4, 0.5) is 0 Å². The fraction of sp³-hybridized carbons (Fsp3) is 0.444. The third-order valence-corrected chi connectivity index (χ3v) is 5.26. The van der Waals surface area contributed by atoms with Gasteiger partial charge in [-0.05, 0) is 48.4 Å². The molecular formula is C18H24N2O3S. The Morgan fingerprint density at radius 3 is 1.96 bits per heavy atom. The van der Waals surface area contributed by atoms with Crippen LogP contribution in [0, 0.1) is 6.92 Å². The van der Waals surface area contributed by atoms with E-state index < -0.39 is 10.7 Å². The van der Waals surface area contributed by atoms with Gasteiger partial charge in [-0.15, -0.1) is 0 Å². The molecule has 1 heterocycles. The van der Waals surface area contributed by atoms with Gasteiger partial charge in [0.15, 0.2) is 10.7 Å². The summed E-state index contributed by atoms with van der Waals surface area (Å²) in [7, 11) is -1.36. The lowest BCUT2D eigenvalue weighted by molar-refractivity contribution is 0.609. The maximum Gasteiger partial charge on any atom is 0.275 e. The van der Waals surface area contributed by atoms with Gasteiger partial charge in [-0.1, -0.05) is 32.9 Å². The van der Waals surface area contributed by atoms with Crippen molar-refractivity contribution in [3.8, 4) is 11.1 Å². The first-order valence-electron chi connectivity index (χ1n) is 8.22. The summed E-state index contributed by atoms with van der Waals surface area (Å²) < 4.78 is 24.9. The zero-order valence-corrected chi connectivity index (χ0v) is 15.7. The normalized spacial score (nSPS) is 11.2. The van der Waals surface area contributed by atoms with Crippen LogP contribution >= 0.6 is 0 Å². The Hall–Kier alpha value is -1.95. The predicted molar refractivity (Wildman–Crippen MR) is 96.4 cm³/mol. The lowest BCUT2D eigenvalue weighted by Crippen LogP contribution is -2.25. The minimum Gasteiger partial charge on any atom is -0.267 e. The Labute approximate surface area is 144 Å². The Bertz CT molecular complexity index is 878. The summed E-state index contributed by atoms with van der Waals surface area (Å²) in [5.74, 6) is 0. The third-order valence-electron chi connectivity index (χ3n) is 4.35. The van der Waals surface area contributed by atoms with Crippen LogP contribution < -0.4 is 5.56 Å². The highest BCUT2D eigenvalue weighted by Crippen LogP contribution is 2.32. The molecule has 2 rings (SSSR count). The number of hydrogen-bond donors (Lipinski definition) is 1. The van der Waals surface area contributed by atoms with Gasteiger partial charge in [0.2, 0.25) is 0 Å². The Kier molecular flexibility index (Phi) is 5.59. The molecule has 0 spiro atoms. The van der Waals surface area contributed by atoms with Gasteiger partial charge in [0, 0.05) is 7.05 Å². The maximum absolute atomic E-state index is 12.8. The van der Waals surface area contributed by atoms with Crippen molar-refractivity contribution in [3.05, 3.63) is 44.9 Å². The van der Waals surface area contributed by atoms with E-state index in [2.05, 4.69) is 24.2 Å². The van der Waals surface area contributed by atoms with E-state index in [4.69, 9.17) is 0 Å². The minimum absolute atomic E-state index is 0.0433. The zero-order chi connectivity index (χ0) is 18.0. The molecule has 0 saturated carbocycles. The minimum atomic E-state index is -2.91. The van der Waals surface area contributed by atoms with Crippen LogP contribution in [0.3, 0.4) is 0 Å². The molecule has 0 aliphatic heterocycles. The summed E-state index contributed by atoms with van der Waals surface area (Å²) in [5.41, 5.74) is 4.22. The molecule has 0 atom stereocenters. The van der Waals surface area contributed by atoms with Crippen LogP contribution in [0.1, 0.15) is 43.2 Å². The second-order valence-electron chi connectivity index (χ2n) is 5.84. The van der Waals surface area contributed by atoms with E-state index in [1.165, 1.54) is 10.2 Å². The van der Waals surface area contributed by atoms with Gasteiger partial charge in [0.25, 0.3) is 5.56 Å². The summed E-state index contributed by atoms with van der Waals surface area (Å²) in [6, 6.07) is 4.15. The predicted octanol–water partition coefficient (Wildman–Crippen LogP) is 2.41. The highest BCUT2D eigenvalue weighted by molar-refractivity contribution is 7.72. The first-order chi connectivity index (χ1) is 11.3. The van der Waals surface area contributed by atoms with Gasteiger partial charge in [-0.25, -0.2) is 13.1 Å². The van der Waals surface area contributed by atoms with Crippen molar-refractivity contribution < 1.29 is 8.42 Å². The number of hydrogen-bond acceptors (Lipinski definition) is 4. The lowest BCUT2D eigenvalue weighted by Gasteiger charge is -2.18. The average molecular weight is 348 g/mol. The topological polar surface area (TPSA) is 69.0 Å². The van der Waals surface area contributed by atoms with E-state index in [1.54, 1.807) is 14.0 Å². The van der Waals surface area contributed by atoms with Gasteiger partial charge in [0.05, 0.1) is 11.3 Å². The second kappa shape index (κ2) is 7.30. The molecule has 2 aromatic rings. The van der Waals surface area contributed by atoms with Crippen LogP contribution in [0.25, 0.3) is 11.1 Å². The van der Waals surface area contributed by atoms with Gasteiger partial charge in [-0.2, -0.15) is 5.10 Å². The molecule has 5 nitrogen and oxygen atoms in total. The SMILES string of the molecule is CCc1cc(CC)c(-c2c([SH](=O)=O)c(C)nn(C)c2=O)c(CC)c1. The summed E-state index contributed by atoms with van der Waals surface area (Å²) in [5, 5.41) is 4.05. The number of aryl methyl sites for hydroxylation is 5. The van der Waals surface area contributed by atoms with E-state index in [0.717, 1.165) is 36.0 Å². The largest absolute Gasteiger partial charge is 0.275 e. The van der Waals surface area contributed by atoms with E-state index in [1.807, 2.05) is 13.8 Å². The lowest BCUT2D eigenvalue weighted by atomic mass is 9.89. The van der Waals surface area contributed by atoms with Crippen molar-refractivity contribution in [2.24, 2.45) is 7.05 Å². The first-order valence-corrected chi connectivity index (χ1v) is 9.40. The highest BCUT2D eigenvalue weighted by Gasteiger charge is 2.22. The van der Waals surface area contributed by atoms with Crippen LogP contribution in [-0.4, -0.2) is 18.2 Å². The van der Waals surface area contributed by atoms with Crippen molar-refractivity contribution >= 4 is 10.7 Å². The van der Waals surface area contributed by atoms with Crippen LogP contribution in [0.5, 0.6) is 0 Å². The molecule has 0 aliphatic rings. The molecule has 0 aliphatic carbocycles. The smallest absolute Gasteiger partial charge is 0.267 e. The number of thiol groups is 1. The van der Waals surface area contributed by atoms with Crippen molar-refractivity contribution in [1.29, 1.82) is 0 Å². The molecule has 0 bridgehead atoms. The Morgan fingerprint density at radius 2 is 1.54 bits per heavy atom. The molecule has 130 valence electrons. The van der Waals surface area contributed by atoms with Crippen molar-refractivity contribution in [2.75, 3.05) is 0 Å². The van der Waals surface area contributed by atoms with Gasteiger partial charge in [-0.3, -0.25) is 4.79 Å². The Morgan fingerprint density at radius 1 is 1.00 bits per heavy atom. The first kappa shape index (κ1) is 18.4. The van der Waals surface area contributed by atoms with E-state index in [9.17, 15) is 13.2 Å². The monoisotopic (exact) mass is 348 g/mol. The van der Waals surface area contributed by atoms with Crippen LogP contribution in [0.15, 0.2) is 21.8 Å². The molecular weight excluding hydrogens is 324 g/mol. The van der Waals surface area contributed by atoms with E-state index in [-0.39, 0.29) is 16.0 Å². The van der Waals surface area contributed by atoms with Gasteiger partial charge >= 0.3 is 0 Å². The molecule has 0 unspecified atom stereocenters. The molecule has 0 radical (unpaired) electrons. The number of nitrogens with zero attached hydrogens (tertiary/aromatic N) is 2. The standard InChI is InChI=1S/C18H24N2O3S/c1-6-12-9-13(7-2)15(14(8-3)10-12)16-17(24(22)23)11(4)19-20(5)18(16)21/h9-10,24H,6-8H2,1-5H3. The Balaban J connectivity index is 3.04. The molecule has 1 aromatic heterocycles. The van der Waals surface area contributed by atoms with Crippen LogP contribution in [0.2, 0.25) is 0 Å². The maximum atomic E-state index is 12.8. The molecule has 0 fully saturated rings. The molecule has 0 amide bonds. The molecule has 1 aromatic carbocycles.